The molecule has 2 saturated carbocycles. The van der Waals surface area contributed by atoms with Crippen LogP contribution < -0.4 is 4.74 Å². The lowest BCUT2D eigenvalue weighted by molar-refractivity contribution is 0.299. The predicted molar refractivity (Wildman–Crippen MR) is 128 cm³/mol. The molecule has 4 aromatic rings. The van der Waals surface area contributed by atoms with Crippen molar-refractivity contribution in [2.75, 3.05) is 0 Å². The Hall–Kier alpha value is -3.40. The molecule has 1 unspecified atom stereocenters. The van der Waals surface area contributed by atoms with Crippen LogP contribution in [-0.2, 0) is 12.0 Å². The summed E-state index contributed by atoms with van der Waals surface area (Å²) in [6.07, 6.45) is 8.81. The Morgan fingerprint density at radius 1 is 0.939 bits per heavy atom. The third kappa shape index (κ3) is 3.64. The number of pyridine rings is 1. The molecule has 0 radical (unpaired) electrons. The van der Waals surface area contributed by atoms with Gasteiger partial charge >= 0.3 is 0 Å². The first-order valence-corrected chi connectivity index (χ1v) is 11.9. The van der Waals surface area contributed by atoms with Gasteiger partial charge in [0, 0.05) is 17.2 Å². The van der Waals surface area contributed by atoms with Gasteiger partial charge < -0.3 is 9.15 Å². The van der Waals surface area contributed by atoms with Gasteiger partial charge in [0.2, 0.25) is 5.89 Å². The average Bonchev–Trinajstić information content (AvgIpc) is 3.61. The predicted octanol–water partition coefficient (Wildman–Crippen LogP) is 6.73. The zero-order valence-electron chi connectivity index (χ0n) is 18.9. The van der Waals surface area contributed by atoms with E-state index in [-0.39, 0.29) is 5.41 Å². The highest BCUT2D eigenvalue weighted by Crippen LogP contribution is 2.60. The van der Waals surface area contributed by atoms with Gasteiger partial charge in [-0.15, -0.1) is 0 Å². The number of oxazole rings is 1. The van der Waals surface area contributed by atoms with Gasteiger partial charge in [0.15, 0.2) is 0 Å². The van der Waals surface area contributed by atoms with E-state index in [9.17, 15) is 0 Å². The molecule has 33 heavy (non-hydrogen) atoms. The van der Waals surface area contributed by atoms with Crippen LogP contribution in [0, 0.1) is 18.8 Å². The molecule has 2 aromatic carbocycles. The van der Waals surface area contributed by atoms with Crippen LogP contribution in [0.15, 0.2) is 83.5 Å². The Morgan fingerprint density at radius 3 is 2.33 bits per heavy atom. The summed E-state index contributed by atoms with van der Waals surface area (Å²) in [7, 11) is 0. The number of rotatable bonds is 6. The summed E-state index contributed by atoms with van der Waals surface area (Å²) < 4.78 is 11.7. The Kier molecular flexibility index (Phi) is 5.01. The number of nitrogens with zero attached hydrogens (tertiary/aromatic N) is 2. The molecule has 0 saturated heterocycles. The van der Waals surface area contributed by atoms with Crippen molar-refractivity contribution >= 4 is 0 Å². The Morgan fingerprint density at radius 2 is 1.73 bits per heavy atom. The fourth-order valence-corrected chi connectivity index (χ4v) is 6.09. The molecule has 2 aromatic heterocycles. The van der Waals surface area contributed by atoms with Crippen LogP contribution in [0.25, 0.3) is 11.5 Å². The molecule has 2 aliphatic rings. The number of aromatic nitrogens is 2. The van der Waals surface area contributed by atoms with E-state index < -0.39 is 0 Å². The molecule has 3 atom stereocenters. The summed E-state index contributed by atoms with van der Waals surface area (Å²) in [4.78, 5) is 8.74. The van der Waals surface area contributed by atoms with Gasteiger partial charge in [0.05, 0.1) is 11.9 Å². The summed E-state index contributed by atoms with van der Waals surface area (Å²) >= 11 is 0. The molecule has 2 heterocycles. The molecule has 2 aliphatic carbocycles. The SMILES string of the molecule is Cc1cnc(-c2ccc([C@]3(c4ccc(OCc5ccccn5)cc4)CC4CC[C@@H]3C4)cc2)o1. The number of hydrogen-bond donors (Lipinski definition) is 0. The van der Waals surface area contributed by atoms with E-state index in [4.69, 9.17) is 9.15 Å². The molecule has 0 spiro atoms. The second kappa shape index (κ2) is 8.18. The molecule has 4 nitrogen and oxygen atoms in total. The van der Waals surface area contributed by atoms with Crippen molar-refractivity contribution in [2.45, 2.75) is 44.6 Å². The van der Waals surface area contributed by atoms with Crippen molar-refractivity contribution in [1.82, 2.24) is 9.97 Å². The molecule has 6 rings (SSSR count). The Bertz CT molecular complexity index is 1230. The minimum absolute atomic E-state index is 0.0769. The molecule has 0 amide bonds. The first kappa shape index (κ1) is 20.2. The minimum Gasteiger partial charge on any atom is -0.487 e. The van der Waals surface area contributed by atoms with E-state index in [0.717, 1.165) is 28.7 Å². The summed E-state index contributed by atoms with van der Waals surface area (Å²) in [5.74, 6) is 3.93. The third-order valence-corrected chi connectivity index (χ3v) is 7.60. The average molecular weight is 437 g/mol. The van der Waals surface area contributed by atoms with Crippen molar-refractivity contribution in [1.29, 1.82) is 0 Å². The van der Waals surface area contributed by atoms with Crippen LogP contribution >= 0.6 is 0 Å². The molecule has 0 N–H and O–H groups in total. The zero-order valence-corrected chi connectivity index (χ0v) is 18.9. The lowest BCUT2D eigenvalue weighted by atomic mass is 9.64. The maximum atomic E-state index is 6.00. The van der Waals surface area contributed by atoms with Gasteiger partial charge in [-0.05, 0) is 85.5 Å². The second-order valence-corrected chi connectivity index (χ2v) is 9.54. The standard InChI is InChI=1S/C29H28N2O2/c1-20-18-31-28(33-20)22-6-9-23(10-7-22)29(17-21-5-8-25(29)16-21)24-11-13-27(14-12-24)32-19-26-4-2-3-15-30-26/h2-4,6-7,9-15,18,21,25H,5,8,16-17,19H2,1H3/t21?,25-,29+/m1/s1. The second-order valence-electron chi connectivity index (χ2n) is 9.54. The van der Waals surface area contributed by atoms with E-state index >= 15 is 0 Å². The normalized spacial score (nSPS) is 23.7. The van der Waals surface area contributed by atoms with Crippen LogP contribution in [0.3, 0.4) is 0 Å². The highest BCUT2D eigenvalue weighted by molar-refractivity contribution is 5.56. The molecule has 166 valence electrons. The lowest BCUT2D eigenvalue weighted by Crippen LogP contribution is -2.34. The summed E-state index contributed by atoms with van der Waals surface area (Å²) in [6.45, 7) is 2.41. The van der Waals surface area contributed by atoms with Gasteiger partial charge in [-0.3, -0.25) is 4.98 Å². The van der Waals surface area contributed by atoms with Gasteiger partial charge in [-0.25, -0.2) is 4.98 Å². The summed E-state index contributed by atoms with van der Waals surface area (Å²) in [6, 6.07) is 23.6. The number of aryl methyl sites for hydroxylation is 1. The van der Waals surface area contributed by atoms with Gasteiger partial charge in [0.25, 0.3) is 0 Å². The maximum absolute atomic E-state index is 6.00. The van der Waals surface area contributed by atoms with Crippen LogP contribution in [-0.4, -0.2) is 9.97 Å². The van der Waals surface area contributed by atoms with Crippen LogP contribution in [0.4, 0.5) is 0 Å². The van der Waals surface area contributed by atoms with Crippen LogP contribution in [0.5, 0.6) is 5.75 Å². The summed E-state index contributed by atoms with van der Waals surface area (Å²) in [5, 5.41) is 0. The maximum Gasteiger partial charge on any atom is 0.226 e. The lowest BCUT2D eigenvalue weighted by Gasteiger charge is -2.39. The van der Waals surface area contributed by atoms with Gasteiger partial charge in [-0.2, -0.15) is 0 Å². The van der Waals surface area contributed by atoms with Crippen LogP contribution in [0.1, 0.15) is 48.3 Å². The fraction of sp³-hybridized carbons (Fsp3) is 0.310. The van der Waals surface area contributed by atoms with Gasteiger partial charge in [0.1, 0.15) is 18.1 Å². The van der Waals surface area contributed by atoms with Crippen molar-refractivity contribution in [3.8, 4) is 17.2 Å². The number of hydrogen-bond acceptors (Lipinski definition) is 4. The van der Waals surface area contributed by atoms with E-state index in [1.807, 2.05) is 25.1 Å². The molecular formula is C29H28N2O2. The number of benzene rings is 2. The molecular weight excluding hydrogens is 408 g/mol. The first-order chi connectivity index (χ1) is 16.2. The molecule has 2 fully saturated rings. The smallest absolute Gasteiger partial charge is 0.226 e. The molecule has 4 heteroatoms. The first-order valence-electron chi connectivity index (χ1n) is 11.9. The van der Waals surface area contributed by atoms with E-state index in [2.05, 4.69) is 58.5 Å². The topological polar surface area (TPSA) is 48.2 Å². The number of ether oxygens (including phenoxy) is 1. The van der Waals surface area contributed by atoms with Gasteiger partial charge in [-0.1, -0.05) is 36.8 Å². The Balaban J connectivity index is 1.29. The van der Waals surface area contributed by atoms with E-state index in [0.29, 0.717) is 18.4 Å². The third-order valence-electron chi connectivity index (χ3n) is 7.60. The monoisotopic (exact) mass is 436 g/mol. The highest BCUT2D eigenvalue weighted by Gasteiger charge is 2.52. The van der Waals surface area contributed by atoms with E-state index in [1.165, 1.54) is 36.8 Å². The summed E-state index contributed by atoms with van der Waals surface area (Å²) in [5.41, 5.74) is 4.85. The minimum atomic E-state index is 0.0769. The fourth-order valence-electron chi connectivity index (χ4n) is 6.09. The quantitative estimate of drug-likeness (QED) is 0.336. The largest absolute Gasteiger partial charge is 0.487 e. The Labute approximate surface area is 194 Å². The number of fused-ring (bicyclic) bond motifs is 2. The zero-order chi connectivity index (χ0) is 22.3. The van der Waals surface area contributed by atoms with Crippen molar-refractivity contribution in [3.63, 3.8) is 0 Å². The van der Waals surface area contributed by atoms with E-state index in [1.54, 1.807) is 12.4 Å². The molecule has 2 bridgehead atoms. The van der Waals surface area contributed by atoms with Crippen LogP contribution in [0.2, 0.25) is 0 Å². The highest BCUT2D eigenvalue weighted by atomic mass is 16.5. The van der Waals surface area contributed by atoms with Crippen molar-refractivity contribution in [2.24, 2.45) is 11.8 Å². The van der Waals surface area contributed by atoms with Crippen molar-refractivity contribution in [3.05, 3.63) is 102 Å². The molecule has 0 aliphatic heterocycles. The van der Waals surface area contributed by atoms with Crippen molar-refractivity contribution < 1.29 is 9.15 Å².